The first-order chi connectivity index (χ1) is 14.7. The van der Waals surface area contributed by atoms with Gasteiger partial charge in [-0.1, -0.05) is 35.3 Å². The number of nitrogens with one attached hydrogen (secondary N) is 2. The Labute approximate surface area is 189 Å². The van der Waals surface area contributed by atoms with Gasteiger partial charge >= 0.3 is 0 Å². The van der Waals surface area contributed by atoms with Crippen molar-refractivity contribution in [2.45, 2.75) is 33.1 Å². The molecule has 0 radical (unpaired) electrons. The van der Waals surface area contributed by atoms with Crippen LogP contribution >= 0.6 is 23.2 Å². The van der Waals surface area contributed by atoms with E-state index in [1.807, 2.05) is 31.2 Å². The quantitative estimate of drug-likeness (QED) is 0.541. The summed E-state index contributed by atoms with van der Waals surface area (Å²) in [7, 11) is 0. The van der Waals surface area contributed by atoms with E-state index < -0.39 is 11.7 Å². The minimum Gasteiger partial charge on any atom is -0.445 e. The van der Waals surface area contributed by atoms with Crippen LogP contribution in [0.2, 0.25) is 10.0 Å². The molecular weight excluding hydrogens is 439 g/mol. The van der Waals surface area contributed by atoms with E-state index in [0.29, 0.717) is 10.0 Å². The average Bonchev–Trinajstić information content (AvgIpc) is 2.98. The Balaban J connectivity index is 1.62. The minimum absolute atomic E-state index is 0.0684. The predicted molar refractivity (Wildman–Crippen MR) is 119 cm³/mol. The van der Waals surface area contributed by atoms with Crippen LogP contribution in [0.25, 0.3) is 0 Å². The third kappa shape index (κ3) is 5.00. The summed E-state index contributed by atoms with van der Waals surface area (Å²) in [5.41, 5.74) is 2.69. The van der Waals surface area contributed by atoms with Gasteiger partial charge in [0.1, 0.15) is 0 Å². The van der Waals surface area contributed by atoms with Crippen LogP contribution in [0.4, 0.5) is 11.6 Å². The smallest absolute Gasteiger partial charge is 0.274 e. The maximum atomic E-state index is 13.0. The zero-order valence-electron chi connectivity index (χ0n) is 17.1. The second-order valence-corrected chi connectivity index (χ2v) is 8.46. The van der Waals surface area contributed by atoms with Gasteiger partial charge in [0.25, 0.3) is 11.8 Å². The fraction of sp³-hybridized carbons (Fsp3) is 0.227. The van der Waals surface area contributed by atoms with Crippen LogP contribution in [0.3, 0.4) is 0 Å². The van der Waals surface area contributed by atoms with Crippen LogP contribution < -0.4 is 20.1 Å². The second-order valence-electron chi connectivity index (χ2n) is 7.59. The Morgan fingerprint density at radius 2 is 1.81 bits per heavy atom. The van der Waals surface area contributed by atoms with Gasteiger partial charge in [0, 0.05) is 36.1 Å². The fourth-order valence-corrected chi connectivity index (χ4v) is 3.70. The van der Waals surface area contributed by atoms with E-state index in [2.05, 4.69) is 20.6 Å². The molecule has 1 aromatic heterocycles. The normalized spacial score (nSPS) is 13.7. The fourth-order valence-electron chi connectivity index (χ4n) is 3.13. The average molecular weight is 459 g/mol. The summed E-state index contributed by atoms with van der Waals surface area (Å²) in [5, 5.41) is 6.91. The summed E-state index contributed by atoms with van der Waals surface area (Å²) in [5.74, 6) is -0.786. The lowest BCUT2D eigenvalue weighted by atomic mass is 10.2. The number of nitrogens with zero attached hydrogens (tertiary/aromatic N) is 2. The molecule has 0 spiro atoms. The highest BCUT2D eigenvalue weighted by Gasteiger charge is 2.38. The highest BCUT2D eigenvalue weighted by Crippen LogP contribution is 2.40. The molecule has 9 heteroatoms. The van der Waals surface area contributed by atoms with Gasteiger partial charge < -0.3 is 20.1 Å². The molecule has 0 bridgehead atoms. The van der Waals surface area contributed by atoms with Gasteiger partial charge in [0.15, 0.2) is 5.69 Å². The van der Waals surface area contributed by atoms with E-state index in [0.717, 1.165) is 16.8 Å². The summed E-state index contributed by atoms with van der Waals surface area (Å²) in [4.78, 5) is 21.8. The van der Waals surface area contributed by atoms with Gasteiger partial charge in [0.05, 0.1) is 0 Å². The molecule has 2 N–H and O–H groups in total. The Hall–Kier alpha value is -3.03. The SMILES string of the molecule is Cc1cccc(Nc2nc3c(c(C(=O)NCc4cc(Cl)cc(Cl)c4)n2)OC(C)(C)O3)c1. The summed E-state index contributed by atoms with van der Waals surface area (Å²) >= 11 is 12.1. The summed E-state index contributed by atoms with van der Waals surface area (Å²) in [6.45, 7) is 5.66. The molecule has 2 heterocycles. The minimum atomic E-state index is -0.964. The largest absolute Gasteiger partial charge is 0.445 e. The summed E-state index contributed by atoms with van der Waals surface area (Å²) < 4.78 is 11.5. The van der Waals surface area contributed by atoms with Crippen molar-refractivity contribution < 1.29 is 14.3 Å². The second kappa shape index (κ2) is 8.24. The zero-order valence-corrected chi connectivity index (χ0v) is 18.6. The molecule has 0 saturated heterocycles. The van der Waals surface area contributed by atoms with E-state index in [1.54, 1.807) is 32.0 Å². The van der Waals surface area contributed by atoms with Gasteiger partial charge in [-0.05, 0) is 48.4 Å². The number of carbonyl (C=O) groups excluding carboxylic acids is 1. The number of ether oxygens (including phenoxy) is 2. The monoisotopic (exact) mass is 458 g/mol. The molecule has 0 unspecified atom stereocenters. The molecule has 1 aliphatic heterocycles. The Morgan fingerprint density at radius 1 is 1.06 bits per heavy atom. The van der Waals surface area contributed by atoms with E-state index in [1.165, 1.54) is 0 Å². The summed E-state index contributed by atoms with van der Waals surface area (Å²) in [6.07, 6.45) is 0. The Kier molecular flexibility index (Phi) is 5.64. The van der Waals surface area contributed by atoms with Crippen LogP contribution in [0.1, 0.15) is 35.5 Å². The number of aromatic nitrogens is 2. The number of hydrogen-bond acceptors (Lipinski definition) is 6. The Bertz CT molecular complexity index is 1150. The maximum absolute atomic E-state index is 13.0. The third-order valence-electron chi connectivity index (χ3n) is 4.39. The lowest BCUT2D eigenvalue weighted by Crippen LogP contribution is -2.30. The number of carbonyl (C=O) groups is 1. The van der Waals surface area contributed by atoms with E-state index in [-0.39, 0.29) is 29.8 Å². The van der Waals surface area contributed by atoms with E-state index in [9.17, 15) is 4.79 Å². The number of hydrogen-bond donors (Lipinski definition) is 2. The van der Waals surface area contributed by atoms with Crippen molar-refractivity contribution in [1.82, 2.24) is 15.3 Å². The molecular formula is C22H20Cl2N4O3. The zero-order chi connectivity index (χ0) is 22.2. The van der Waals surface area contributed by atoms with Crippen molar-refractivity contribution in [1.29, 1.82) is 0 Å². The van der Waals surface area contributed by atoms with Gasteiger partial charge in [-0.3, -0.25) is 4.79 Å². The number of halogens is 2. The highest BCUT2D eigenvalue weighted by atomic mass is 35.5. The number of amides is 1. The molecule has 160 valence electrons. The van der Waals surface area contributed by atoms with Crippen molar-refractivity contribution in [3.05, 3.63) is 69.3 Å². The van der Waals surface area contributed by atoms with Crippen LogP contribution in [0.15, 0.2) is 42.5 Å². The molecule has 1 amide bonds. The van der Waals surface area contributed by atoms with Crippen molar-refractivity contribution in [3.8, 4) is 11.6 Å². The molecule has 7 nitrogen and oxygen atoms in total. The van der Waals surface area contributed by atoms with Gasteiger partial charge in [-0.2, -0.15) is 4.98 Å². The van der Waals surface area contributed by atoms with Gasteiger partial charge in [-0.25, -0.2) is 4.98 Å². The van der Waals surface area contributed by atoms with Crippen LogP contribution in [0.5, 0.6) is 11.6 Å². The number of benzene rings is 2. The molecule has 0 saturated carbocycles. The van der Waals surface area contributed by atoms with Gasteiger partial charge in [0.2, 0.25) is 17.5 Å². The van der Waals surface area contributed by atoms with E-state index >= 15 is 0 Å². The maximum Gasteiger partial charge on any atom is 0.274 e. The molecule has 2 aromatic carbocycles. The van der Waals surface area contributed by atoms with Crippen LogP contribution in [-0.4, -0.2) is 21.7 Å². The molecule has 3 aromatic rings. The van der Waals surface area contributed by atoms with Gasteiger partial charge in [-0.15, -0.1) is 0 Å². The predicted octanol–water partition coefficient (Wildman–Crippen LogP) is 5.27. The molecule has 0 aliphatic carbocycles. The van der Waals surface area contributed by atoms with Crippen molar-refractivity contribution in [2.24, 2.45) is 0 Å². The molecule has 0 atom stereocenters. The first-order valence-electron chi connectivity index (χ1n) is 9.55. The Morgan fingerprint density at radius 3 is 2.52 bits per heavy atom. The number of aryl methyl sites for hydroxylation is 1. The molecule has 0 fully saturated rings. The topological polar surface area (TPSA) is 85.4 Å². The first-order valence-corrected chi connectivity index (χ1v) is 10.3. The standard InChI is InChI=1S/C22H20Cl2N4O3/c1-12-5-4-6-16(7-12)26-21-27-17(18-20(28-21)31-22(2,3)30-18)19(29)25-11-13-8-14(23)10-15(24)9-13/h4-10H,11H2,1-3H3,(H,25,29)(H,26,27,28). The highest BCUT2D eigenvalue weighted by molar-refractivity contribution is 6.34. The molecule has 1 aliphatic rings. The van der Waals surface area contributed by atoms with Crippen LogP contribution in [0, 0.1) is 6.92 Å². The lowest BCUT2D eigenvalue weighted by molar-refractivity contribution is -0.0450. The van der Waals surface area contributed by atoms with Crippen LogP contribution in [-0.2, 0) is 6.54 Å². The first kappa shape index (κ1) is 21.2. The van der Waals surface area contributed by atoms with Crippen molar-refractivity contribution in [3.63, 3.8) is 0 Å². The van der Waals surface area contributed by atoms with Crippen molar-refractivity contribution >= 4 is 40.7 Å². The lowest BCUT2D eigenvalue weighted by Gasteiger charge is -2.15. The number of rotatable bonds is 5. The van der Waals surface area contributed by atoms with Crippen molar-refractivity contribution in [2.75, 3.05) is 5.32 Å². The third-order valence-corrected chi connectivity index (χ3v) is 4.83. The van der Waals surface area contributed by atoms with E-state index in [4.69, 9.17) is 32.7 Å². The number of fused-ring (bicyclic) bond motifs is 1. The molecule has 31 heavy (non-hydrogen) atoms. The number of anilines is 2. The summed E-state index contributed by atoms with van der Waals surface area (Å²) in [6, 6.07) is 12.8. The molecule has 4 rings (SSSR count).